The summed E-state index contributed by atoms with van der Waals surface area (Å²) < 4.78 is 23.9. The Hall–Kier alpha value is -3.75. The molecule has 160 valence electrons. The Morgan fingerprint density at radius 3 is 2.58 bits per heavy atom. The van der Waals surface area contributed by atoms with Crippen molar-refractivity contribution >= 4 is 11.9 Å². The van der Waals surface area contributed by atoms with Gasteiger partial charge in [0.2, 0.25) is 5.95 Å². The van der Waals surface area contributed by atoms with Gasteiger partial charge in [0.05, 0.1) is 13.7 Å². The number of nitrogens with one attached hydrogen (secondary N) is 1. The van der Waals surface area contributed by atoms with Gasteiger partial charge < -0.3 is 19.7 Å². The molecule has 0 saturated carbocycles. The zero-order valence-electron chi connectivity index (χ0n) is 17.0. The van der Waals surface area contributed by atoms with E-state index in [9.17, 15) is 9.18 Å². The number of ether oxygens (including phenoxy) is 2. The average molecular weight is 423 g/mol. The molecule has 1 aromatic heterocycles. The van der Waals surface area contributed by atoms with Crippen LogP contribution in [0.5, 0.6) is 17.5 Å². The Bertz CT molecular complexity index is 1060. The number of rotatable bonds is 7. The number of halogens is 1. The van der Waals surface area contributed by atoms with Gasteiger partial charge in [-0.05, 0) is 55.3 Å². The smallest absolute Gasteiger partial charge is 0.321 e. The third-order valence-corrected chi connectivity index (χ3v) is 4.77. The van der Waals surface area contributed by atoms with Crippen molar-refractivity contribution in [2.45, 2.75) is 19.4 Å². The molecule has 2 heterocycles. The van der Waals surface area contributed by atoms with Gasteiger partial charge in [-0.15, -0.1) is 0 Å². The summed E-state index contributed by atoms with van der Waals surface area (Å²) in [6, 6.07) is 12.6. The number of amides is 1. The fourth-order valence-electron chi connectivity index (χ4n) is 3.22. The monoisotopic (exact) mass is 423 g/mol. The van der Waals surface area contributed by atoms with Gasteiger partial charge in [-0.3, -0.25) is 4.79 Å². The summed E-state index contributed by atoms with van der Waals surface area (Å²) in [4.78, 5) is 27.7. The lowest BCUT2D eigenvalue weighted by Crippen LogP contribution is -2.26. The van der Waals surface area contributed by atoms with E-state index in [-0.39, 0.29) is 24.3 Å². The van der Waals surface area contributed by atoms with Crippen molar-refractivity contribution in [3.8, 4) is 17.5 Å². The van der Waals surface area contributed by atoms with Crippen molar-refractivity contribution in [1.29, 1.82) is 0 Å². The molecule has 4 rings (SSSR count). The number of hydrogen-bond donors (Lipinski definition) is 1. The lowest BCUT2D eigenvalue weighted by Gasteiger charge is -2.16. The Morgan fingerprint density at radius 1 is 1.06 bits per heavy atom. The van der Waals surface area contributed by atoms with Crippen molar-refractivity contribution in [3.63, 3.8) is 0 Å². The molecule has 3 aromatic rings. The van der Waals surface area contributed by atoms with E-state index in [1.54, 1.807) is 24.3 Å². The molecular formula is C22H22FN5O3. The maximum atomic E-state index is 13.0. The van der Waals surface area contributed by atoms with Gasteiger partial charge >= 0.3 is 6.01 Å². The maximum Gasteiger partial charge on any atom is 0.321 e. The number of nitrogens with zero attached hydrogens (tertiary/aromatic N) is 4. The fourth-order valence-corrected chi connectivity index (χ4v) is 3.22. The molecule has 1 N–H and O–H groups in total. The van der Waals surface area contributed by atoms with Gasteiger partial charge in [0.15, 0.2) is 5.82 Å². The molecule has 0 spiro atoms. The summed E-state index contributed by atoms with van der Waals surface area (Å²) in [5, 5.41) is 2.81. The first-order valence-electron chi connectivity index (χ1n) is 9.96. The summed E-state index contributed by atoms with van der Waals surface area (Å²) in [5.74, 6) is 1.28. The lowest BCUT2D eigenvalue weighted by atomic mass is 10.2. The molecule has 2 aromatic carbocycles. The SMILES string of the molecule is COc1nc(CNC(=O)c2cccc(Oc3ccc(F)cc3)c2)nc(N2CCCC2)n1. The first-order valence-corrected chi connectivity index (χ1v) is 9.96. The van der Waals surface area contributed by atoms with E-state index in [0.717, 1.165) is 25.9 Å². The van der Waals surface area contributed by atoms with Crippen LogP contribution in [0.2, 0.25) is 0 Å². The van der Waals surface area contributed by atoms with Crippen molar-refractivity contribution in [2.24, 2.45) is 0 Å². The van der Waals surface area contributed by atoms with Gasteiger partial charge in [-0.1, -0.05) is 6.07 Å². The minimum Gasteiger partial charge on any atom is -0.467 e. The Labute approximate surface area is 179 Å². The van der Waals surface area contributed by atoms with Crippen LogP contribution < -0.4 is 19.7 Å². The molecule has 1 aliphatic heterocycles. The van der Waals surface area contributed by atoms with Crippen LogP contribution >= 0.6 is 0 Å². The second-order valence-corrected chi connectivity index (χ2v) is 7.00. The highest BCUT2D eigenvalue weighted by atomic mass is 19.1. The van der Waals surface area contributed by atoms with Crippen molar-refractivity contribution in [1.82, 2.24) is 20.3 Å². The van der Waals surface area contributed by atoms with E-state index >= 15 is 0 Å². The highest BCUT2D eigenvalue weighted by molar-refractivity contribution is 5.94. The lowest BCUT2D eigenvalue weighted by molar-refractivity contribution is 0.0949. The van der Waals surface area contributed by atoms with E-state index in [4.69, 9.17) is 9.47 Å². The number of aromatic nitrogens is 3. The summed E-state index contributed by atoms with van der Waals surface area (Å²) in [7, 11) is 1.50. The highest BCUT2D eigenvalue weighted by Gasteiger charge is 2.18. The average Bonchev–Trinajstić information content (AvgIpc) is 3.34. The van der Waals surface area contributed by atoms with Crippen molar-refractivity contribution < 1.29 is 18.7 Å². The first kappa shape index (κ1) is 20.5. The Morgan fingerprint density at radius 2 is 1.84 bits per heavy atom. The number of carbonyl (C=O) groups excluding carboxylic acids is 1. The Kier molecular flexibility index (Phi) is 6.21. The number of methoxy groups -OCH3 is 1. The minimum absolute atomic E-state index is 0.127. The second-order valence-electron chi connectivity index (χ2n) is 7.00. The molecule has 0 aliphatic carbocycles. The molecule has 31 heavy (non-hydrogen) atoms. The number of benzene rings is 2. The summed E-state index contributed by atoms with van der Waals surface area (Å²) in [6.07, 6.45) is 2.19. The summed E-state index contributed by atoms with van der Waals surface area (Å²) in [6.45, 7) is 1.90. The second kappa shape index (κ2) is 9.38. The van der Waals surface area contributed by atoms with E-state index in [1.807, 2.05) is 0 Å². The van der Waals surface area contributed by atoms with Crippen LogP contribution in [-0.2, 0) is 6.54 Å². The van der Waals surface area contributed by atoms with Gasteiger partial charge in [0.1, 0.15) is 17.3 Å². The van der Waals surface area contributed by atoms with E-state index < -0.39 is 0 Å². The van der Waals surface area contributed by atoms with E-state index in [2.05, 4.69) is 25.2 Å². The van der Waals surface area contributed by atoms with E-state index in [1.165, 1.54) is 31.4 Å². The van der Waals surface area contributed by atoms with Gasteiger partial charge in [-0.25, -0.2) is 4.39 Å². The topological polar surface area (TPSA) is 89.5 Å². The van der Waals surface area contributed by atoms with Crippen LogP contribution in [0.3, 0.4) is 0 Å². The molecule has 0 bridgehead atoms. The fraction of sp³-hybridized carbons (Fsp3) is 0.273. The number of hydrogen-bond acceptors (Lipinski definition) is 7. The zero-order valence-corrected chi connectivity index (χ0v) is 17.0. The molecule has 1 aliphatic rings. The third kappa shape index (κ3) is 5.25. The Balaban J connectivity index is 1.42. The van der Waals surface area contributed by atoms with E-state index in [0.29, 0.717) is 28.8 Å². The molecule has 0 radical (unpaired) electrons. The molecule has 0 unspecified atom stereocenters. The minimum atomic E-state index is -0.344. The van der Waals surface area contributed by atoms with Crippen molar-refractivity contribution in [3.05, 3.63) is 65.7 Å². The summed E-state index contributed by atoms with van der Waals surface area (Å²) in [5.41, 5.74) is 0.417. The van der Waals surface area contributed by atoms with Crippen molar-refractivity contribution in [2.75, 3.05) is 25.1 Å². The van der Waals surface area contributed by atoms with Gasteiger partial charge in [-0.2, -0.15) is 15.0 Å². The largest absolute Gasteiger partial charge is 0.467 e. The van der Waals surface area contributed by atoms with Gasteiger partial charge in [0.25, 0.3) is 5.91 Å². The highest BCUT2D eigenvalue weighted by Crippen LogP contribution is 2.22. The standard InChI is InChI=1S/C22H22FN5O3/c1-30-22-26-19(25-21(27-22)28-11-2-3-12-28)14-24-20(29)15-5-4-6-18(13-15)31-17-9-7-16(23)8-10-17/h4-10,13H,2-3,11-12,14H2,1H3,(H,24,29). The predicted octanol–water partition coefficient (Wildman–Crippen LogP) is 3.34. The summed E-state index contributed by atoms with van der Waals surface area (Å²) >= 11 is 0. The van der Waals surface area contributed by atoms with Crippen LogP contribution in [0.1, 0.15) is 29.0 Å². The molecule has 1 saturated heterocycles. The zero-order chi connectivity index (χ0) is 21.6. The normalized spacial score (nSPS) is 13.2. The molecule has 1 amide bonds. The van der Waals surface area contributed by atoms with Crippen LogP contribution in [-0.4, -0.2) is 41.1 Å². The number of carbonyl (C=O) groups is 1. The maximum absolute atomic E-state index is 13.0. The quantitative estimate of drug-likeness (QED) is 0.623. The molecule has 0 atom stereocenters. The predicted molar refractivity (Wildman–Crippen MR) is 112 cm³/mol. The molecule has 8 nitrogen and oxygen atoms in total. The first-order chi connectivity index (χ1) is 15.1. The van der Waals surface area contributed by atoms with Crippen LogP contribution in [0.25, 0.3) is 0 Å². The molecule has 1 fully saturated rings. The van der Waals surface area contributed by atoms with Crippen LogP contribution in [0, 0.1) is 5.82 Å². The molecular weight excluding hydrogens is 401 g/mol. The third-order valence-electron chi connectivity index (χ3n) is 4.77. The van der Waals surface area contributed by atoms with Crippen LogP contribution in [0.4, 0.5) is 10.3 Å². The number of anilines is 1. The van der Waals surface area contributed by atoms with Crippen LogP contribution in [0.15, 0.2) is 48.5 Å². The molecule has 9 heteroatoms. The van der Waals surface area contributed by atoms with Gasteiger partial charge in [0, 0.05) is 18.7 Å².